The van der Waals surface area contributed by atoms with E-state index in [1.807, 2.05) is 0 Å². The second-order valence-corrected chi connectivity index (χ2v) is 2.22. The van der Waals surface area contributed by atoms with Crippen LogP contribution in [-0.4, -0.2) is 11.9 Å². The van der Waals surface area contributed by atoms with Crippen molar-refractivity contribution >= 4 is 11.9 Å². The summed E-state index contributed by atoms with van der Waals surface area (Å²) in [5, 5.41) is 20.1. The quantitative estimate of drug-likeness (QED) is 0.448. The molecule has 2 unspecified atom stereocenters. The molecule has 4 heteroatoms. The average Bonchev–Trinajstić information content (AvgIpc) is 1.84. The van der Waals surface area contributed by atoms with Crippen molar-refractivity contribution < 1.29 is 19.8 Å². The van der Waals surface area contributed by atoms with Crippen molar-refractivity contribution in [3.63, 3.8) is 0 Å². The van der Waals surface area contributed by atoms with Crippen LogP contribution in [-0.2, 0) is 9.59 Å². The summed E-state index contributed by atoms with van der Waals surface area (Å²) in [5.41, 5.74) is 0. The van der Waals surface area contributed by atoms with E-state index in [-0.39, 0.29) is 0 Å². The van der Waals surface area contributed by atoms with Gasteiger partial charge in [-0.15, -0.1) is 0 Å². The molecular weight excluding hydrogens is 136 g/mol. The van der Waals surface area contributed by atoms with E-state index in [4.69, 9.17) is 0 Å². The first-order chi connectivity index (χ1) is 4.46. The molecule has 0 aliphatic heterocycles. The molecule has 0 aromatic heterocycles. The second kappa shape index (κ2) is 3.20. The lowest BCUT2D eigenvalue weighted by Crippen LogP contribution is -2.41. The molecular formula is C6H8O4-2. The van der Waals surface area contributed by atoms with Crippen LogP contribution >= 0.6 is 0 Å². The summed E-state index contributed by atoms with van der Waals surface area (Å²) >= 11 is 0. The lowest BCUT2D eigenvalue weighted by Gasteiger charge is -2.20. The topological polar surface area (TPSA) is 80.3 Å². The minimum absolute atomic E-state index is 0.995. The molecule has 0 radical (unpaired) electrons. The summed E-state index contributed by atoms with van der Waals surface area (Å²) in [6.07, 6.45) is 0. The number of aliphatic carboxylic acids is 2. The van der Waals surface area contributed by atoms with Crippen molar-refractivity contribution in [3.8, 4) is 0 Å². The van der Waals surface area contributed by atoms with Gasteiger partial charge < -0.3 is 19.8 Å². The Bertz CT molecular complexity index is 134. The Morgan fingerprint density at radius 3 is 1.30 bits per heavy atom. The van der Waals surface area contributed by atoms with Crippen LogP contribution in [0, 0.1) is 11.8 Å². The first-order valence-corrected chi connectivity index (χ1v) is 2.88. The van der Waals surface area contributed by atoms with Crippen LogP contribution in [0.15, 0.2) is 0 Å². The third-order valence-corrected chi connectivity index (χ3v) is 1.49. The maximum absolute atomic E-state index is 10.0. The van der Waals surface area contributed by atoms with Gasteiger partial charge in [0, 0.05) is 23.8 Å². The van der Waals surface area contributed by atoms with Crippen LogP contribution in [0.5, 0.6) is 0 Å². The second-order valence-electron chi connectivity index (χ2n) is 2.22. The van der Waals surface area contributed by atoms with E-state index >= 15 is 0 Å². The molecule has 0 amide bonds. The molecule has 0 bridgehead atoms. The minimum atomic E-state index is -1.36. The molecule has 0 saturated heterocycles. The van der Waals surface area contributed by atoms with Gasteiger partial charge in [0.1, 0.15) is 0 Å². The molecule has 0 heterocycles. The highest BCUT2D eigenvalue weighted by molar-refractivity contribution is 5.77. The van der Waals surface area contributed by atoms with E-state index in [1.165, 1.54) is 13.8 Å². The molecule has 4 nitrogen and oxygen atoms in total. The van der Waals surface area contributed by atoms with Crippen molar-refractivity contribution in [2.45, 2.75) is 13.8 Å². The molecule has 0 saturated carbocycles. The molecule has 0 aromatic rings. The van der Waals surface area contributed by atoms with E-state index < -0.39 is 23.8 Å². The zero-order valence-corrected chi connectivity index (χ0v) is 5.79. The number of carbonyl (C=O) groups is 2. The van der Waals surface area contributed by atoms with E-state index in [0.29, 0.717) is 0 Å². The lowest BCUT2D eigenvalue weighted by molar-refractivity contribution is -0.325. The SMILES string of the molecule is CC(C(=O)[O-])C(C)C(=O)[O-]. The highest BCUT2D eigenvalue weighted by Gasteiger charge is 2.13. The number of hydrogen-bond acceptors (Lipinski definition) is 4. The van der Waals surface area contributed by atoms with Gasteiger partial charge in [-0.25, -0.2) is 0 Å². The highest BCUT2D eigenvalue weighted by Crippen LogP contribution is 2.07. The third-order valence-electron chi connectivity index (χ3n) is 1.49. The molecule has 0 spiro atoms. The van der Waals surface area contributed by atoms with Crippen molar-refractivity contribution in [2.24, 2.45) is 11.8 Å². The Kier molecular flexibility index (Phi) is 2.86. The first-order valence-electron chi connectivity index (χ1n) is 2.88. The summed E-state index contributed by atoms with van der Waals surface area (Å²) < 4.78 is 0. The monoisotopic (exact) mass is 144 g/mol. The van der Waals surface area contributed by atoms with Crippen molar-refractivity contribution in [1.82, 2.24) is 0 Å². The molecule has 10 heavy (non-hydrogen) atoms. The fraction of sp³-hybridized carbons (Fsp3) is 0.667. The Labute approximate surface area is 58.5 Å². The maximum atomic E-state index is 10.0. The van der Waals surface area contributed by atoms with Gasteiger partial charge in [0.25, 0.3) is 0 Å². The van der Waals surface area contributed by atoms with Gasteiger partial charge in [-0.1, -0.05) is 13.8 Å². The third kappa shape index (κ3) is 2.05. The summed E-state index contributed by atoms with van der Waals surface area (Å²) in [4.78, 5) is 20.1. The smallest absolute Gasteiger partial charge is 0.0448 e. The maximum Gasteiger partial charge on any atom is 0.0448 e. The standard InChI is InChI=1S/C6H10O4/c1-3(5(7)8)4(2)6(9)10/h3-4H,1-2H3,(H,7,8)(H,9,10)/p-2. The molecule has 0 N–H and O–H groups in total. The van der Waals surface area contributed by atoms with E-state index in [1.54, 1.807) is 0 Å². The number of rotatable bonds is 3. The number of carboxylic acids is 2. The fourth-order valence-electron chi connectivity index (χ4n) is 0.408. The fourth-order valence-corrected chi connectivity index (χ4v) is 0.408. The molecule has 2 atom stereocenters. The number of carboxylic acid groups (broad SMARTS) is 2. The summed E-state index contributed by atoms with van der Waals surface area (Å²) in [7, 11) is 0. The van der Waals surface area contributed by atoms with Gasteiger partial charge in [-0.05, 0) is 0 Å². The summed E-state index contributed by atoms with van der Waals surface area (Å²) in [6.45, 7) is 2.55. The first kappa shape index (κ1) is 8.94. The van der Waals surface area contributed by atoms with Crippen LogP contribution in [0.25, 0.3) is 0 Å². The Morgan fingerprint density at radius 1 is 1.00 bits per heavy atom. The normalized spacial score (nSPS) is 15.8. The minimum Gasteiger partial charge on any atom is -0.550 e. The predicted octanol–water partition coefficient (Wildman–Crippen LogP) is -2.24. The van der Waals surface area contributed by atoms with Gasteiger partial charge >= 0.3 is 0 Å². The largest absolute Gasteiger partial charge is 0.550 e. The van der Waals surface area contributed by atoms with E-state index in [2.05, 4.69) is 0 Å². The Morgan fingerprint density at radius 2 is 1.20 bits per heavy atom. The lowest BCUT2D eigenvalue weighted by atomic mass is 9.97. The van der Waals surface area contributed by atoms with Gasteiger partial charge in [0.05, 0.1) is 0 Å². The molecule has 0 aromatic carbocycles. The van der Waals surface area contributed by atoms with Crippen molar-refractivity contribution in [2.75, 3.05) is 0 Å². The molecule has 0 aliphatic rings. The molecule has 0 aliphatic carbocycles. The molecule has 0 rings (SSSR count). The number of carbonyl (C=O) groups excluding carboxylic acids is 2. The predicted molar refractivity (Wildman–Crippen MR) is 28.3 cm³/mol. The van der Waals surface area contributed by atoms with Gasteiger partial charge in [-0.2, -0.15) is 0 Å². The summed E-state index contributed by atoms with van der Waals surface area (Å²) in [6, 6.07) is 0. The Hall–Kier alpha value is -1.06. The van der Waals surface area contributed by atoms with E-state index in [9.17, 15) is 19.8 Å². The summed E-state index contributed by atoms with van der Waals surface area (Å²) in [5.74, 6) is -4.72. The van der Waals surface area contributed by atoms with Gasteiger partial charge in [0.2, 0.25) is 0 Å². The van der Waals surface area contributed by atoms with Crippen LogP contribution in [0.1, 0.15) is 13.8 Å². The molecule has 0 fully saturated rings. The van der Waals surface area contributed by atoms with Crippen LogP contribution in [0.2, 0.25) is 0 Å². The zero-order chi connectivity index (χ0) is 8.31. The Balaban J connectivity index is 4.07. The zero-order valence-electron chi connectivity index (χ0n) is 5.79. The van der Waals surface area contributed by atoms with Gasteiger partial charge in [-0.3, -0.25) is 0 Å². The van der Waals surface area contributed by atoms with Crippen molar-refractivity contribution in [3.05, 3.63) is 0 Å². The van der Waals surface area contributed by atoms with Gasteiger partial charge in [0.15, 0.2) is 0 Å². The molecule has 58 valence electrons. The van der Waals surface area contributed by atoms with Crippen LogP contribution in [0.3, 0.4) is 0 Å². The average molecular weight is 144 g/mol. The number of hydrogen-bond donors (Lipinski definition) is 0. The van der Waals surface area contributed by atoms with Crippen molar-refractivity contribution in [1.29, 1.82) is 0 Å². The highest BCUT2D eigenvalue weighted by atomic mass is 16.4. The van der Waals surface area contributed by atoms with Crippen LogP contribution in [0.4, 0.5) is 0 Å². The van der Waals surface area contributed by atoms with Crippen LogP contribution < -0.4 is 10.2 Å². The van der Waals surface area contributed by atoms with E-state index in [0.717, 1.165) is 0 Å².